The molecule has 19 heavy (non-hydrogen) atoms. The van der Waals surface area contributed by atoms with E-state index in [1.54, 1.807) is 0 Å². The van der Waals surface area contributed by atoms with Crippen LogP contribution in [-0.4, -0.2) is 18.1 Å². The Morgan fingerprint density at radius 2 is 2.05 bits per heavy atom. The first kappa shape index (κ1) is 15.3. The molecule has 1 aromatic heterocycles. The van der Waals surface area contributed by atoms with Gasteiger partial charge in [0, 0.05) is 19.3 Å². The Hall–Kier alpha value is -1.77. The van der Waals surface area contributed by atoms with Crippen LogP contribution in [0.1, 0.15) is 25.8 Å². The van der Waals surface area contributed by atoms with Crippen LogP contribution in [0.4, 0.5) is 19.0 Å². The summed E-state index contributed by atoms with van der Waals surface area (Å²) in [7, 11) is 0. The number of aromatic nitrogens is 1. The van der Waals surface area contributed by atoms with Gasteiger partial charge < -0.3 is 4.90 Å². The van der Waals surface area contributed by atoms with Crippen molar-refractivity contribution >= 4 is 5.82 Å². The molecule has 0 unspecified atom stereocenters. The van der Waals surface area contributed by atoms with Crippen LogP contribution in [0.15, 0.2) is 18.3 Å². The van der Waals surface area contributed by atoms with Gasteiger partial charge in [0.1, 0.15) is 5.82 Å². The summed E-state index contributed by atoms with van der Waals surface area (Å²) in [4.78, 5) is 5.68. The SMILES string of the molecule is CC(C)CN(CCC#N)c1ccc(C(F)(F)F)cn1. The van der Waals surface area contributed by atoms with E-state index >= 15 is 0 Å². The molecule has 0 radical (unpaired) electrons. The minimum Gasteiger partial charge on any atom is -0.355 e. The summed E-state index contributed by atoms with van der Waals surface area (Å²) in [5, 5.41) is 8.60. The van der Waals surface area contributed by atoms with E-state index in [9.17, 15) is 13.2 Å². The summed E-state index contributed by atoms with van der Waals surface area (Å²) in [6, 6.07) is 4.39. The van der Waals surface area contributed by atoms with Crippen molar-refractivity contribution in [1.82, 2.24) is 4.98 Å². The molecular weight excluding hydrogens is 255 g/mol. The highest BCUT2D eigenvalue weighted by Gasteiger charge is 2.30. The van der Waals surface area contributed by atoms with Gasteiger partial charge in [-0.2, -0.15) is 18.4 Å². The maximum Gasteiger partial charge on any atom is 0.417 e. The van der Waals surface area contributed by atoms with Gasteiger partial charge in [0.25, 0.3) is 0 Å². The van der Waals surface area contributed by atoms with Gasteiger partial charge >= 0.3 is 6.18 Å². The fourth-order valence-corrected chi connectivity index (χ4v) is 1.67. The largest absolute Gasteiger partial charge is 0.417 e. The molecule has 0 bridgehead atoms. The molecular formula is C13H16F3N3. The highest BCUT2D eigenvalue weighted by molar-refractivity contribution is 5.40. The number of rotatable bonds is 5. The average molecular weight is 271 g/mol. The molecule has 0 aliphatic rings. The Morgan fingerprint density at radius 3 is 2.47 bits per heavy atom. The van der Waals surface area contributed by atoms with Gasteiger partial charge in [-0.05, 0) is 18.1 Å². The predicted molar refractivity (Wildman–Crippen MR) is 66.5 cm³/mol. The minimum atomic E-state index is -4.37. The quantitative estimate of drug-likeness (QED) is 0.823. The van der Waals surface area contributed by atoms with Crippen molar-refractivity contribution in [3.63, 3.8) is 0 Å². The Balaban J connectivity index is 2.87. The van der Waals surface area contributed by atoms with Crippen LogP contribution in [0, 0.1) is 17.2 Å². The lowest BCUT2D eigenvalue weighted by Crippen LogP contribution is -2.29. The number of hydrogen-bond donors (Lipinski definition) is 0. The zero-order chi connectivity index (χ0) is 14.5. The van der Waals surface area contributed by atoms with Gasteiger partial charge in [-0.25, -0.2) is 4.98 Å². The van der Waals surface area contributed by atoms with Gasteiger partial charge in [0.15, 0.2) is 0 Å². The lowest BCUT2D eigenvalue weighted by Gasteiger charge is -2.24. The van der Waals surface area contributed by atoms with Gasteiger partial charge in [-0.1, -0.05) is 13.8 Å². The third kappa shape index (κ3) is 4.78. The molecule has 6 heteroatoms. The molecule has 0 N–H and O–H groups in total. The van der Waals surface area contributed by atoms with Crippen molar-refractivity contribution in [2.45, 2.75) is 26.4 Å². The number of anilines is 1. The van der Waals surface area contributed by atoms with E-state index in [4.69, 9.17) is 5.26 Å². The Kier molecular flexibility index (Phi) is 5.16. The van der Waals surface area contributed by atoms with Gasteiger partial charge in [-0.3, -0.25) is 0 Å². The van der Waals surface area contributed by atoms with Crippen LogP contribution in [0.5, 0.6) is 0 Å². The van der Waals surface area contributed by atoms with E-state index in [2.05, 4.69) is 4.98 Å². The molecule has 0 aromatic carbocycles. The summed E-state index contributed by atoms with van der Waals surface area (Å²) >= 11 is 0. The van der Waals surface area contributed by atoms with Crippen LogP contribution < -0.4 is 4.90 Å². The van der Waals surface area contributed by atoms with Crippen LogP contribution >= 0.6 is 0 Å². The Bertz CT molecular complexity index is 432. The predicted octanol–water partition coefficient (Wildman–Crippen LogP) is 3.48. The Labute approximate surface area is 110 Å². The van der Waals surface area contributed by atoms with Crippen LogP contribution in [0.25, 0.3) is 0 Å². The number of pyridine rings is 1. The van der Waals surface area contributed by atoms with Crippen molar-refractivity contribution in [1.29, 1.82) is 5.26 Å². The van der Waals surface area contributed by atoms with Gasteiger partial charge in [-0.15, -0.1) is 0 Å². The van der Waals surface area contributed by atoms with Gasteiger partial charge in [0.05, 0.1) is 18.1 Å². The number of alkyl halides is 3. The maximum absolute atomic E-state index is 12.4. The summed E-state index contributed by atoms with van der Waals surface area (Å²) in [5.74, 6) is 0.805. The molecule has 0 saturated heterocycles. The van der Waals surface area contributed by atoms with E-state index in [-0.39, 0.29) is 0 Å². The topological polar surface area (TPSA) is 39.9 Å². The fourth-order valence-electron chi connectivity index (χ4n) is 1.67. The van der Waals surface area contributed by atoms with E-state index in [1.807, 2.05) is 24.8 Å². The normalized spacial score (nSPS) is 11.4. The molecule has 104 valence electrons. The lowest BCUT2D eigenvalue weighted by molar-refractivity contribution is -0.137. The average Bonchev–Trinajstić information content (AvgIpc) is 2.33. The minimum absolute atomic E-state index is 0.315. The molecule has 1 aromatic rings. The second kappa shape index (κ2) is 6.41. The number of hydrogen-bond acceptors (Lipinski definition) is 3. The second-order valence-corrected chi connectivity index (χ2v) is 4.65. The van der Waals surface area contributed by atoms with Crippen molar-refractivity contribution in [2.75, 3.05) is 18.0 Å². The standard InChI is InChI=1S/C13H16F3N3/c1-10(2)9-19(7-3-6-17)12-5-4-11(8-18-12)13(14,15)16/h4-5,8,10H,3,7,9H2,1-2H3. The summed E-state index contributed by atoms with van der Waals surface area (Å²) < 4.78 is 37.3. The zero-order valence-electron chi connectivity index (χ0n) is 10.9. The van der Waals surface area contributed by atoms with Crippen LogP contribution in [0.2, 0.25) is 0 Å². The lowest BCUT2D eigenvalue weighted by atomic mass is 10.2. The molecule has 1 heterocycles. The van der Waals surface area contributed by atoms with Gasteiger partial charge in [0.2, 0.25) is 0 Å². The summed E-state index contributed by atoms with van der Waals surface area (Å²) in [6.07, 6.45) is -3.23. The van der Waals surface area contributed by atoms with Crippen molar-refractivity contribution in [3.05, 3.63) is 23.9 Å². The molecule has 3 nitrogen and oxygen atoms in total. The zero-order valence-corrected chi connectivity index (χ0v) is 10.9. The second-order valence-electron chi connectivity index (χ2n) is 4.65. The number of nitrogens with zero attached hydrogens (tertiary/aromatic N) is 3. The molecule has 0 fully saturated rings. The van der Waals surface area contributed by atoms with Crippen molar-refractivity contribution < 1.29 is 13.2 Å². The first-order valence-electron chi connectivity index (χ1n) is 5.99. The summed E-state index contributed by atoms with van der Waals surface area (Å²) in [6.45, 7) is 5.13. The highest BCUT2D eigenvalue weighted by atomic mass is 19.4. The fraction of sp³-hybridized carbons (Fsp3) is 0.538. The Morgan fingerprint density at radius 1 is 1.37 bits per heavy atom. The third-order valence-electron chi connectivity index (χ3n) is 2.48. The first-order chi connectivity index (χ1) is 8.84. The monoisotopic (exact) mass is 271 g/mol. The van der Waals surface area contributed by atoms with E-state index in [0.29, 0.717) is 31.2 Å². The number of nitriles is 1. The van der Waals surface area contributed by atoms with E-state index < -0.39 is 11.7 Å². The maximum atomic E-state index is 12.4. The molecule has 0 aliphatic carbocycles. The molecule has 1 rings (SSSR count). The smallest absolute Gasteiger partial charge is 0.355 e. The van der Waals surface area contributed by atoms with Crippen molar-refractivity contribution in [3.8, 4) is 6.07 Å². The van der Waals surface area contributed by atoms with Crippen molar-refractivity contribution in [2.24, 2.45) is 5.92 Å². The van der Waals surface area contributed by atoms with Crippen LogP contribution in [0.3, 0.4) is 0 Å². The van der Waals surface area contributed by atoms with Crippen LogP contribution in [-0.2, 0) is 6.18 Å². The molecule has 0 amide bonds. The molecule has 0 aliphatic heterocycles. The summed E-state index contributed by atoms with van der Waals surface area (Å²) in [5.41, 5.74) is -0.763. The van der Waals surface area contributed by atoms with E-state index in [0.717, 1.165) is 12.3 Å². The van der Waals surface area contributed by atoms with E-state index in [1.165, 1.54) is 6.07 Å². The highest BCUT2D eigenvalue weighted by Crippen LogP contribution is 2.29. The number of halogens is 3. The molecule has 0 spiro atoms. The first-order valence-corrected chi connectivity index (χ1v) is 5.99. The molecule has 0 atom stereocenters. The third-order valence-corrected chi connectivity index (χ3v) is 2.48. The molecule has 0 saturated carbocycles.